The Morgan fingerprint density at radius 1 is 1.46 bits per heavy atom. The first kappa shape index (κ1) is 10.3. The van der Waals surface area contributed by atoms with Gasteiger partial charge < -0.3 is 11.1 Å². The second-order valence-electron chi connectivity index (χ2n) is 2.82. The number of anilines is 1. The zero-order valence-corrected chi connectivity index (χ0v) is 8.97. The molecular weight excluding hydrogens is 228 g/mol. The van der Waals surface area contributed by atoms with Crippen LogP contribution in [0, 0.1) is 0 Å². The van der Waals surface area contributed by atoms with Crippen molar-refractivity contribution in [2.45, 2.75) is 6.54 Å². The third-order valence-electron chi connectivity index (χ3n) is 1.69. The first-order valence-electron chi connectivity index (χ1n) is 4.07. The second-order valence-corrected chi connectivity index (χ2v) is 3.94. The predicted molar refractivity (Wildman–Crippen MR) is 60.6 cm³/mol. The van der Waals surface area contributed by atoms with Gasteiger partial charge >= 0.3 is 0 Å². The van der Waals surface area contributed by atoms with Crippen molar-refractivity contribution in [1.29, 1.82) is 0 Å². The summed E-state index contributed by atoms with van der Waals surface area (Å²) in [5, 5.41) is 3.22. The van der Waals surface area contributed by atoms with Gasteiger partial charge in [-0.25, -0.2) is 0 Å². The van der Waals surface area contributed by atoms with Crippen LogP contribution in [0.2, 0.25) is 0 Å². The molecule has 0 spiro atoms. The molecule has 1 aromatic rings. The topological polar surface area (TPSA) is 38.0 Å². The van der Waals surface area contributed by atoms with Crippen molar-refractivity contribution in [1.82, 2.24) is 5.32 Å². The van der Waals surface area contributed by atoms with Crippen molar-refractivity contribution >= 4 is 21.6 Å². The third-order valence-corrected chi connectivity index (χ3v) is 1.97. The number of rotatable bonds is 4. The molecule has 0 amide bonds. The van der Waals surface area contributed by atoms with E-state index >= 15 is 0 Å². The van der Waals surface area contributed by atoms with Crippen molar-refractivity contribution in [3.05, 3.63) is 40.9 Å². The molecular formula is C10H13BrN2. The second kappa shape index (κ2) is 5.04. The van der Waals surface area contributed by atoms with E-state index in [1.165, 1.54) is 0 Å². The SMILES string of the molecule is C=C(Br)CNCc1ccccc1N. The maximum absolute atomic E-state index is 5.76. The van der Waals surface area contributed by atoms with Crippen molar-refractivity contribution in [3.63, 3.8) is 0 Å². The van der Waals surface area contributed by atoms with Gasteiger partial charge in [0.25, 0.3) is 0 Å². The fourth-order valence-electron chi connectivity index (χ4n) is 1.03. The van der Waals surface area contributed by atoms with Crippen molar-refractivity contribution in [2.24, 2.45) is 0 Å². The van der Waals surface area contributed by atoms with Gasteiger partial charge in [-0.2, -0.15) is 0 Å². The number of para-hydroxylation sites is 1. The molecule has 13 heavy (non-hydrogen) atoms. The molecule has 0 saturated heterocycles. The zero-order chi connectivity index (χ0) is 9.68. The van der Waals surface area contributed by atoms with Gasteiger partial charge in [0.1, 0.15) is 0 Å². The van der Waals surface area contributed by atoms with E-state index in [0.717, 1.165) is 28.8 Å². The molecule has 0 aromatic heterocycles. The van der Waals surface area contributed by atoms with Gasteiger partial charge in [-0.1, -0.05) is 40.7 Å². The lowest BCUT2D eigenvalue weighted by molar-refractivity contribution is 0.759. The van der Waals surface area contributed by atoms with Crippen LogP contribution >= 0.6 is 15.9 Å². The van der Waals surface area contributed by atoms with Crippen LogP contribution in [0.25, 0.3) is 0 Å². The van der Waals surface area contributed by atoms with Crippen molar-refractivity contribution < 1.29 is 0 Å². The van der Waals surface area contributed by atoms with Crippen LogP contribution in [-0.2, 0) is 6.54 Å². The minimum Gasteiger partial charge on any atom is -0.398 e. The Hall–Kier alpha value is -0.800. The van der Waals surface area contributed by atoms with Crippen LogP contribution in [0.15, 0.2) is 35.3 Å². The molecule has 3 N–H and O–H groups in total. The maximum atomic E-state index is 5.76. The number of nitrogens with two attached hydrogens (primary N) is 1. The number of hydrogen-bond acceptors (Lipinski definition) is 2. The highest BCUT2D eigenvalue weighted by Gasteiger charge is 1.96. The van der Waals surface area contributed by atoms with Crippen molar-refractivity contribution in [2.75, 3.05) is 12.3 Å². The summed E-state index contributed by atoms with van der Waals surface area (Å²) in [6, 6.07) is 7.83. The average Bonchev–Trinajstić information content (AvgIpc) is 2.08. The van der Waals surface area contributed by atoms with E-state index in [0.29, 0.717) is 0 Å². The molecule has 1 rings (SSSR count). The summed E-state index contributed by atoms with van der Waals surface area (Å²) >= 11 is 3.28. The van der Waals surface area contributed by atoms with E-state index < -0.39 is 0 Å². The minimum absolute atomic E-state index is 0.758. The summed E-state index contributed by atoms with van der Waals surface area (Å²) in [4.78, 5) is 0. The van der Waals surface area contributed by atoms with Crippen LogP contribution in [0.5, 0.6) is 0 Å². The highest BCUT2D eigenvalue weighted by molar-refractivity contribution is 9.11. The monoisotopic (exact) mass is 240 g/mol. The summed E-state index contributed by atoms with van der Waals surface area (Å²) in [6.45, 7) is 5.27. The number of nitrogen functional groups attached to an aromatic ring is 1. The van der Waals surface area contributed by atoms with Gasteiger partial charge in [-0.15, -0.1) is 0 Å². The quantitative estimate of drug-likeness (QED) is 0.793. The lowest BCUT2D eigenvalue weighted by Crippen LogP contribution is -2.15. The van der Waals surface area contributed by atoms with Crippen LogP contribution in [0.1, 0.15) is 5.56 Å². The van der Waals surface area contributed by atoms with Crippen LogP contribution in [0.4, 0.5) is 5.69 Å². The van der Waals surface area contributed by atoms with Gasteiger partial charge in [0.05, 0.1) is 0 Å². The number of hydrogen-bond donors (Lipinski definition) is 2. The predicted octanol–water partition coefficient (Wildman–Crippen LogP) is 2.27. The average molecular weight is 241 g/mol. The molecule has 0 heterocycles. The minimum atomic E-state index is 0.758. The van der Waals surface area contributed by atoms with Crippen LogP contribution in [0.3, 0.4) is 0 Å². The third kappa shape index (κ3) is 3.61. The molecule has 0 aliphatic heterocycles. The maximum Gasteiger partial charge on any atom is 0.0359 e. The summed E-state index contributed by atoms with van der Waals surface area (Å²) in [6.07, 6.45) is 0. The molecule has 3 heteroatoms. The van der Waals surface area contributed by atoms with E-state index in [1.54, 1.807) is 0 Å². The van der Waals surface area contributed by atoms with Gasteiger partial charge in [0.2, 0.25) is 0 Å². The van der Waals surface area contributed by atoms with Crippen LogP contribution in [-0.4, -0.2) is 6.54 Å². The summed E-state index contributed by atoms with van der Waals surface area (Å²) < 4.78 is 0.946. The number of nitrogens with one attached hydrogen (secondary N) is 1. The summed E-state index contributed by atoms with van der Waals surface area (Å²) in [5.41, 5.74) is 7.71. The van der Waals surface area contributed by atoms with E-state index in [1.807, 2.05) is 24.3 Å². The summed E-state index contributed by atoms with van der Waals surface area (Å²) in [7, 11) is 0. The fourth-order valence-corrected chi connectivity index (χ4v) is 1.23. The molecule has 0 atom stereocenters. The molecule has 0 fully saturated rings. The Morgan fingerprint density at radius 2 is 2.15 bits per heavy atom. The molecule has 70 valence electrons. The van der Waals surface area contributed by atoms with E-state index in [4.69, 9.17) is 5.73 Å². The Morgan fingerprint density at radius 3 is 2.77 bits per heavy atom. The smallest absolute Gasteiger partial charge is 0.0359 e. The standard InChI is InChI=1S/C10H13BrN2/c1-8(11)6-13-7-9-4-2-3-5-10(9)12/h2-5,13H,1,6-7,12H2. The molecule has 2 nitrogen and oxygen atoms in total. The van der Waals surface area contributed by atoms with Gasteiger partial charge in [-0.05, 0) is 11.6 Å². The molecule has 0 unspecified atom stereocenters. The lowest BCUT2D eigenvalue weighted by Gasteiger charge is -2.06. The Bertz CT molecular complexity index is 297. The highest BCUT2D eigenvalue weighted by atomic mass is 79.9. The molecule has 0 saturated carbocycles. The van der Waals surface area contributed by atoms with Crippen LogP contribution < -0.4 is 11.1 Å². The van der Waals surface area contributed by atoms with Gasteiger partial charge in [-0.3, -0.25) is 0 Å². The Kier molecular flexibility index (Phi) is 3.99. The Labute approximate surface area is 87.0 Å². The molecule has 0 bridgehead atoms. The van der Waals surface area contributed by atoms with E-state index in [9.17, 15) is 0 Å². The zero-order valence-electron chi connectivity index (χ0n) is 7.39. The summed E-state index contributed by atoms with van der Waals surface area (Å²) in [5.74, 6) is 0. The van der Waals surface area contributed by atoms with Gasteiger partial charge in [0.15, 0.2) is 0 Å². The number of halogens is 1. The molecule has 0 aliphatic rings. The largest absolute Gasteiger partial charge is 0.398 e. The van der Waals surface area contributed by atoms with Gasteiger partial charge in [0, 0.05) is 23.3 Å². The first-order valence-corrected chi connectivity index (χ1v) is 4.87. The van der Waals surface area contributed by atoms with E-state index in [-0.39, 0.29) is 0 Å². The van der Waals surface area contributed by atoms with E-state index in [2.05, 4.69) is 27.8 Å². The molecule has 0 radical (unpaired) electrons. The van der Waals surface area contributed by atoms with Crippen molar-refractivity contribution in [3.8, 4) is 0 Å². The highest BCUT2D eigenvalue weighted by Crippen LogP contribution is 2.09. The number of benzene rings is 1. The fraction of sp³-hybridized carbons (Fsp3) is 0.200. The lowest BCUT2D eigenvalue weighted by atomic mass is 10.2. The molecule has 0 aliphatic carbocycles. The Balaban J connectivity index is 2.45. The first-order chi connectivity index (χ1) is 6.20. The normalized spacial score (nSPS) is 9.92. The molecule has 1 aromatic carbocycles.